The van der Waals surface area contributed by atoms with Crippen molar-refractivity contribution < 1.29 is 19.1 Å². The second kappa shape index (κ2) is 6.25. The van der Waals surface area contributed by atoms with Gasteiger partial charge in [0.1, 0.15) is 11.6 Å². The molecular formula is C17H16FN5O3. The van der Waals surface area contributed by atoms with Gasteiger partial charge in [-0.3, -0.25) is 10.2 Å². The third-order valence-corrected chi connectivity index (χ3v) is 4.65. The van der Waals surface area contributed by atoms with E-state index >= 15 is 0 Å². The van der Waals surface area contributed by atoms with Crippen LogP contribution in [0.4, 0.5) is 26.5 Å². The third-order valence-electron chi connectivity index (χ3n) is 4.65. The number of aromatic nitrogens is 2. The molecule has 0 spiro atoms. The average molecular weight is 357 g/mol. The molecule has 2 aromatic rings. The van der Waals surface area contributed by atoms with Crippen LogP contribution < -0.4 is 15.1 Å². The first-order chi connectivity index (χ1) is 12.5. The molecule has 0 atom stereocenters. The van der Waals surface area contributed by atoms with Crippen LogP contribution in [0.2, 0.25) is 0 Å². The van der Waals surface area contributed by atoms with E-state index in [1.807, 2.05) is 0 Å². The second-order valence-corrected chi connectivity index (χ2v) is 6.22. The molecular weight excluding hydrogens is 341 g/mol. The monoisotopic (exact) mass is 357 g/mol. The Bertz CT molecular complexity index is 865. The van der Waals surface area contributed by atoms with Gasteiger partial charge in [-0.05, 0) is 37.1 Å². The van der Waals surface area contributed by atoms with Crippen molar-refractivity contribution in [2.75, 3.05) is 28.2 Å². The fraction of sp³-hybridized carbons (Fsp3) is 0.294. The number of rotatable bonds is 2. The molecule has 0 saturated carbocycles. The van der Waals surface area contributed by atoms with Gasteiger partial charge in [-0.1, -0.05) is 0 Å². The minimum atomic E-state index is -1.15. The quantitative estimate of drug-likeness (QED) is 0.856. The van der Waals surface area contributed by atoms with Crippen LogP contribution in [0.15, 0.2) is 30.5 Å². The molecule has 9 heteroatoms. The predicted octanol–water partition coefficient (Wildman–Crippen LogP) is 2.33. The molecule has 26 heavy (non-hydrogen) atoms. The van der Waals surface area contributed by atoms with Gasteiger partial charge in [0.15, 0.2) is 11.5 Å². The van der Waals surface area contributed by atoms with E-state index in [1.54, 1.807) is 6.07 Å². The number of nitrogens with zero attached hydrogens (tertiary/aromatic N) is 4. The van der Waals surface area contributed by atoms with Crippen LogP contribution in [-0.4, -0.2) is 46.2 Å². The lowest BCUT2D eigenvalue weighted by Gasteiger charge is -2.31. The van der Waals surface area contributed by atoms with Gasteiger partial charge >= 0.3 is 12.0 Å². The van der Waals surface area contributed by atoms with Gasteiger partial charge in [-0.2, -0.15) is 0 Å². The van der Waals surface area contributed by atoms with Crippen molar-refractivity contribution in [3.63, 3.8) is 0 Å². The van der Waals surface area contributed by atoms with Gasteiger partial charge in [-0.25, -0.2) is 23.9 Å². The normalized spacial score (nSPS) is 16.2. The summed E-state index contributed by atoms with van der Waals surface area (Å²) >= 11 is 0. The molecule has 0 unspecified atom stereocenters. The molecule has 5 rings (SSSR count). The van der Waals surface area contributed by atoms with Crippen LogP contribution >= 0.6 is 0 Å². The Morgan fingerprint density at radius 2 is 1.96 bits per heavy atom. The molecule has 134 valence electrons. The SMILES string of the molecule is O=C(O)c1ccc2c(n1)N(C(=O)Nc1ccc(F)cn1)C1CCN2CC1. The van der Waals surface area contributed by atoms with Crippen molar-refractivity contribution in [3.8, 4) is 0 Å². The summed E-state index contributed by atoms with van der Waals surface area (Å²) in [6.07, 6.45) is 2.52. The van der Waals surface area contributed by atoms with E-state index in [0.717, 1.165) is 37.8 Å². The number of nitrogens with one attached hydrogen (secondary N) is 1. The number of carbonyl (C=O) groups is 2. The van der Waals surface area contributed by atoms with Crippen LogP contribution in [0.1, 0.15) is 23.3 Å². The Hall–Kier alpha value is -3.23. The van der Waals surface area contributed by atoms with Gasteiger partial charge in [0.05, 0.1) is 11.9 Å². The number of aromatic carboxylic acids is 1. The van der Waals surface area contributed by atoms with E-state index in [9.17, 15) is 19.1 Å². The highest BCUT2D eigenvalue weighted by molar-refractivity contribution is 6.04. The Kier molecular flexibility index (Phi) is 3.90. The van der Waals surface area contributed by atoms with Gasteiger partial charge in [0.2, 0.25) is 0 Å². The summed E-state index contributed by atoms with van der Waals surface area (Å²) in [7, 11) is 0. The zero-order chi connectivity index (χ0) is 18.3. The average Bonchev–Trinajstić information content (AvgIpc) is 2.89. The van der Waals surface area contributed by atoms with Crippen molar-refractivity contribution in [3.05, 3.63) is 42.0 Å². The number of carbonyl (C=O) groups excluding carboxylic acids is 1. The van der Waals surface area contributed by atoms with E-state index < -0.39 is 17.8 Å². The molecule has 5 heterocycles. The Morgan fingerprint density at radius 1 is 1.19 bits per heavy atom. The number of carboxylic acids is 1. The van der Waals surface area contributed by atoms with Gasteiger partial charge in [-0.15, -0.1) is 0 Å². The molecule has 0 radical (unpaired) electrons. The summed E-state index contributed by atoms with van der Waals surface area (Å²) in [5.74, 6) is -1.11. The minimum Gasteiger partial charge on any atom is -0.477 e. The number of halogens is 1. The number of fused-ring (bicyclic) bond motifs is 2. The topological polar surface area (TPSA) is 98.7 Å². The van der Waals surface area contributed by atoms with E-state index in [4.69, 9.17) is 0 Å². The highest BCUT2D eigenvalue weighted by Gasteiger charge is 2.37. The Labute approximate surface area is 148 Å². The highest BCUT2D eigenvalue weighted by atomic mass is 19.1. The number of carboxylic acid groups (broad SMARTS) is 1. The number of piperidine rings is 1. The van der Waals surface area contributed by atoms with Gasteiger partial charge in [0, 0.05) is 19.1 Å². The van der Waals surface area contributed by atoms with Crippen molar-refractivity contribution in [2.24, 2.45) is 0 Å². The summed E-state index contributed by atoms with van der Waals surface area (Å²) < 4.78 is 13.0. The first kappa shape index (κ1) is 16.2. The lowest BCUT2D eigenvalue weighted by Crippen LogP contribution is -2.46. The molecule has 8 nitrogen and oxygen atoms in total. The van der Waals surface area contributed by atoms with Crippen LogP contribution in [0.3, 0.4) is 0 Å². The first-order valence-electron chi connectivity index (χ1n) is 8.24. The smallest absolute Gasteiger partial charge is 0.354 e. The Morgan fingerprint density at radius 3 is 2.62 bits per heavy atom. The summed E-state index contributed by atoms with van der Waals surface area (Å²) in [5, 5.41) is 11.9. The number of anilines is 3. The maximum absolute atomic E-state index is 13.0. The number of hydrogen-bond acceptors (Lipinski definition) is 5. The second-order valence-electron chi connectivity index (χ2n) is 6.22. The highest BCUT2D eigenvalue weighted by Crippen LogP contribution is 2.38. The third kappa shape index (κ3) is 2.81. The molecule has 1 saturated heterocycles. The molecule has 2 N–H and O–H groups in total. The predicted molar refractivity (Wildman–Crippen MR) is 92.1 cm³/mol. The van der Waals surface area contributed by atoms with E-state index in [0.29, 0.717) is 5.82 Å². The summed E-state index contributed by atoms with van der Waals surface area (Å²) in [5.41, 5.74) is 0.612. The lowest BCUT2D eigenvalue weighted by molar-refractivity contribution is 0.0690. The largest absolute Gasteiger partial charge is 0.477 e. The van der Waals surface area contributed by atoms with Crippen LogP contribution in [0, 0.1) is 5.82 Å². The molecule has 2 aromatic heterocycles. The van der Waals surface area contributed by atoms with Crippen molar-refractivity contribution in [1.29, 1.82) is 0 Å². The molecule has 2 amide bonds. The zero-order valence-electron chi connectivity index (χ0n) is 13.7. The van der Waals surface area contributed by atoms with E-state index in [1.165, 1.54) is 23.1 Å². The molecule has 3 aliphatic rings. The van der Waals surface area contributed by atoms with Crippen molar-refractivity contribution in [1.82, 2.24) is 9.97 Å². The standard InChI is InChI=1S/C17H16FN5O3/c18-10-1-4-14(19-9-10)21-17(26)23-11-5-7-22(8-6-11)13-3-2-12(16(24)25)20-15(13)23/h1-4,9,11H,5-8H2,(H,24,25)(H,19,21,26). The van der Waals surface area contributed by atoms with E-state index in [-0.39, 0.29) is 17.6 Å². The summed E-state index contributed by atoms with van der Waals surface area (Å²) in [6, 6.07) is 5.15. The molecule has 0 aromatic carbocycles. The van der Waals surface area contributed by atoms with Crippen LogP contribution in [0.5, 0.6) is 0 Å². The minimum absolute atomic E-state index is 0.0931. The lowest BCUT2D eigenvalue weighted by atomic mass is 10.1. The number of hydrogen-bond donors (Lipinski definition) is 2. The molecule has 3 aliphatic heterocycles. The zero-order valence-corrected chi connectivity index (χ0v) is 13.7. The molecule has 0 aliphatic carbocycles. The summed E-state index contributed by atoms with van der Waals surface area (Å²) in [4.78, 5) is 35.9. The number of amides is 2. The van der Waals surface area contributed by atoms with Gasteiger partial charge in [0.25, 0.3) is 0 Å². The Balaban J connectivity index is 1.72. The number of urea groups is 1. The van der Waals surface area contributed by atoms with Crippen molar-refractivity contribution >= 4 is 29.3 Å². The van der Waals surface area contributed by atoms with E-state index in [2.05, 4.69) is 20.2 Å². The van der Waals surface area contributed by atoms with Crippen LogP contribution in [0.25, 0.3) is 0 Å². The van der Waals surface area contributed by atoms with Gasteiger partial charge < -0.3 is 10.0 Å². The fourth-order valence-electron chi connectivity index (χ4n) is 3.40. The maximum Gasteiger partial charge on any atom is 0.354 e. The maximum atomic E-state index is 13.0. The van der Waals surface area contributed by atoms with Crippen LogP contribution in [-0.2, 0) is 0 Å². The fourth-order valence-corrected chi connectivity index (χ4v) is 3.40. The molecule has 1 fully saturated rings. The molecule has 2 bridgehead atoms. The van der Waals surface area contributed by atoms with Crippen molar-refractivity contribution in [2.45, 2.75) is 18.9 Å². The number of pyridine rings is 2. The first-order valence-corrected chi connectivity index (χ1v) is 8.24. The summed E-state index contributed by atoms with van der Waals surface area (Å²) in [6.45, 7) is 1.54.